The number of amides is 1. The molecule has 0 aliphatic carbocycles. The highest BCUT2D eigenvalue weighted by atomic mass is 19.1. The number of hydrogen-bond acceptors (Lipinski definition) is 2. The summed E-state index contributed by atoms with van der Waals surface area (Å²) in [6.07, 6.45) is 0. The lowest BCUT2D eigenvalue weighted by molar-refractivity contribution is 0.102. The van der Waals surface area contributed by atoms with E-state index in [0.29, 0.717) is 17.9 Å². The standard InChI is InChI=1S/C23H19FN2O2/c1-2-28-20-10-5-16(6-11-20)23(27)25-19-8-3-15(4-9-19)22-14-17-13-18(24)7-12-21(17)26-22/h3-14,26H,2H2,1H3,(H,25,27). The lowest BCUT2D eigenvalue weighted by atomic mass is 10.1. The molecular formula is C23H19FN2O2. The Hall–Kier alpha value is -3.60. The fourth-order valence-corrected chi connectivity index (χ4v) is 3.06. The van der Waals surface area contributed by atoms with Crippen molar-refractivity contribution < 1.29 is 13.9 Å². The van der Waals surface area contributed by atoms with Crippen LogP contribution in [-0.4, -0.2) is 17.5 Å². The highest BCUT2D eigenvalue weighted by Crippen LogP contribution is 2.26. The summed E-state index contributed by atoms with van der Waals surface area (Å²) < 4.78 is 18.7. The van der Waals surface area contributed by atoms with E-state index in [4.69, 9.17) is 4.74 Å². The number of aromatic nitrogens is 1. The van der Waals surface area contributed by atoms with Gasteiger partial charge in [-0.25, -0.2) is 4.39 Å². The maximum absolute atomic E-state index is 13.4. The Morgan fingerprint density at radius 1 is 1.00 bits per heavy atom. The van der Waals surface area contributed by atoms with Crippen LogP contribution >= 0.6 is 0 Å². The Morgan fingerprint density at radius 3 is 2.46 bits per heavy atom. The van der Waals surface area contributed by atoms with Crippen molar-refractivity contribution in [3.63, 3.8) is 0 Å². The Kier molecular flexibility index (Phi) is 4.81. The van der Waals surface area contributed by atoms with Crippen LogP contribution in [0.2, 0.25) is 0 Å². The monoisotopic (exact) mass is 374 g/mol. The lowest BCUT2D eigenvalue weighted by Crippen LogP contribution is -2.11. The molecule has 140 valence electrons. The molecule has 0 atom stereocenters. The molecule has 0 fully saturated rings. The van der Waals surface area contributed by atoms with Crippen molar-refractivity contribution in [2.24, 2.45) is 0 Å². The van der Waals surface area contributed by atoms with Crippen LogP contribution in [0.3, 0.4) is 0 Å². The number of hydrogen-bond donors (Lipinski definition) is 2. The molecule has 0 unspecified atom stereocenters. The molecule has 0 saturated carbocycles. The minimum atomic E-state index is -0.259. The Morgan fingerprint density at radius 2 is 1.75 bits per heavy atom. The molecule has 2 N–H and O–H groups in total. The first-order chi connectivity index (χ1) is 13.6. The zero-order chi connectivity index (χ0) is 19.5. The van der Waals surface area contributed by atoms with Crippen molar-refractivity contribution in [1.29, 1.82) is 0 Å². The number of rotatable bonds is 5. The predicted molar refractivity (Wildman–Crippen MR) is 109 cm³/mol. The third kappa shape index (κ3) is 3.74. The normalized spacial score (nSPS) is 10.8. The molecule has 0 aliphatic heterocycles. The van der Waals surface area contributed by atoms with Gasteiger partial charge in [-0.15, -0.1) is 0 Å². The third-order valence-corrected chi connectivity index (χ3v) is 4.46. The molecule has 0 spiro atoms. The number of ether oxygens (including phenoxy) is 1. The summed E-state index contributed by atoms with van der Waals surface area (Å²) in [4.78, 5) is 15.7. The Bertz CT molecular complexity index is 1120. The van der Waals surface area contributed by atoms with Gasteiger partial charge in [0.2, 0.25) is 0 Å². The first kappa shape index (κ1) is 17.8. The van der Waals surface area contributed by atoms with Crippen molar-refractivity contribution in [1.82, 2.24) is 4.98 Å². The maximum atomic E-state index is 13.4. The minimum absolute atomic E-state index is 0.183. The summed E-state index contributed by atoms with van der Waals surface area (Å²) >= 11 is 0. The highest BCUT2D eigenvalue weighted by molar-refractivity contribution is 6.04. The van der Waals surface area contributed by atoms with Crippen LogP contribution in [0.4, 0.5) is 10.1 Å². The largest absolute Gasteiger partial charge is 0.494 e. The quantitative estimate of drug-likeness (QED) is 0.476. The molecule has 0 aliphatic rings. The number of carbonyl (C=O) groups is 1. The van der Waals surface area contributed by atoms with E-state index >= 15 is 0 Å². The molecule has 0 radical (unpaired) electrons. The fraction of sp³-hybridized carbons (Fsp3) is 0.0870. The van der Waals surface area contributed by atoms with E-state index in [2.05, 4.69) is 10.3 Å². The van der Waals surface area contributed by atoms with Crippen molar-refractivity contribution in [2.45, 2.75) is 6.92 Å². The van der Waals surface area contributed by atoms with Gasteiger partial charge in [-0.2, -0.15) is 0 Å². The Labute approximate surface area is 162 Å². The van der Waals surface area contributed by atoms with Gasteiger partial charge >= 0.3 is 0 Å². The van der Waals surface area contributed by atoms with Crippen molar-refractivity contribution in [3.05, 3.63) is 84.2 Å². The van der Waals surface area contributed by atoms with Crippen molar-refractivity contribution in [3.8, 4) is 17.0 Å². The molecule has 4 rings (SSSR count). The number of halogens is 1. The zero-order valence-corrected chi connectivity index (χ0v) is 15.3. The molecule has 5 heteroatoms. The van der Waals surface area contributed by atoms with Crippen molar-refractivity contribution in [2.75, 3.05) is 11.9 Å². The second-order valence-corrected chi connectivity index (χ2v) is 6.40. The van der Waals surface area contributed by atoms with Gasteiger partial charge in [0.15, 0.2) is 0 Å². The van der Waals surface area contributed by atoms with Crippen LogP contribution in [0.15, 0.2) is 72.8 Å². The minimum Gasteiger partial charge on any atom is -0.494 e. The lowest BCUT2D eigenvalue weighted by Gasteiger charge is -2.07. The molecule has 1 heterocycles. The molecule has 0 bridgehead atoms. The fourth-order valence-electron chi connectivity index (χ4n) is 3.06. The van der Waals surface area contributed by atoms with Gasteiger partial charge in [-0.1, -0.05) is 12.1 Å². The van der Waals surface area contributed by atoms with Gasteiger partial charge < -0.3 is 15.0 Å². The van der Waals surface area contributed by atoms with Crippen LogP contribution < -0.4 is 10.1 Å². The van der Waals surface area contributed by atoms with Gasteiger partial charge in [-0.05, 0) is 73.2 Å². The van der Waals surface area contributed by atoms with Gasteiger partial charge in [0.25, 0.3) is 5.91 Å². The van der Waals surface area contributed by atoms with E-state index in [1.807, 2.05) is 37.3 Å². The van der Waals surface area contributed by atoms with Crippen LogP contribution in [0.5, 0.6) is 5.75 Å². The second-order valence-electron chi connectivity index (χ2n) is 6.40. The van der Waals surface area contributed by atoms with Crippen molar-refractivity contribution >= 4 is 22.5 Å². The molecule has 1 amide bonds. The molecular weight excluding hydrogens is 355 g/mol. The van der Waals surface area contributed by atoms with E-state index < -0.39 is 0 Å². The van der Waals surface area contributed by atoms with Gasteiger partial charge in [0.05, 0.1) is 6.61 Å². The van der Waals surface area contributed by atoms with E-state index in [1.54, 1.807) is 30.3 Å². The topological polar surface area (TPSA) is 54.1 Å². The van der Waals surface area contributed by atoms with Crippen LogP contribution in [-0.2, 0) is 0 Å². The molecule has 0 saturated heterocycles. The second kappa shape index (κ2) is 7.56. The van der Waals surface area contributed by atoms with Crippen LogP contribution in [0.1, 0.15) is 17.3 Å². The first-order valence-corrected chi connectivity index (χ1v) is 9.05. The summed E-state index contributed by atoms with van der Waals surface area (Å²) in [5.41, 5.74) is 3.99. The molecule has 28 heavy (non-hydrogen) atoms. The number of fused-ring (bicyclic) bond motifs is 1. The van der Waals surface area contributed by atoms with Gasteiger partial charge in [0.1, 0.15) is 11.6 Å². The van der Waals surface area contributed by atoms with E-state index in [0.717, 1.165) is 27.9 Å². The molecule has 3 aromatic carbocycles. The number of nitrogens with one attached hydrogen (secondary N) is 2. The summed E-state index contributed by atoms with van der Waals surface area (Å²) in [6.45, 7) is 2.50. The number of carbonyl (C=O) groups excluding carboxylic acids is 1. The summed E-state index contributed by atoms with van der Waals surface area (Å²) in [5.74, 6) is 0.295. The summed E-state index contributed by atoms with van der Waals surface area (Å²) in [7, 11) is 0. The Balaban J connectivity index is 1.48. The van der Waals surface area contributed by atoms with Gasteiger partial charge in [-0.3, -0.25) is 4.79 Å². The summed E-state index contributed by atoms with van der Waals surface area (Å²) in [6, 6.07) is 21.1. The van der Waals surface area contributed by atoms with Gasteiger partial charge in [0, 0.05) is 27.8 Å². The highest BCUT2D eigenvalue weighted by Gasteiger charge is 2.08. The maximum Gasteiger partial charge on any atom is 0.255 e. The van der Waals surface area contributed by atoms with Crippen LogP contribution in [0.25, 0.3) is 22.2 Å². The third-order valence-electron chi connectivity index (χ3n) is 4.46. The smallest absolute Gasteiger partial charge is 0.255 e. The number of anilines is 1. The average molecular weight is 374 g/mol. The average Bonchev–Trinajstić information content (AvgIpc) is 3.12. The number of aromatic amines is 1. The van der Waals surface area contributed by atoms with E-state index in [9.17, 15) is 9.18 Å². The first-order valence-electron chi connectivity index (χ1n) is 9.05. The molecule has 4 nitrogen and oxygen atoms in total. The van der Waals surface area contributed by atoms with E-state index in [1.165, 1.54) is 12.1 Å². The molecule has 1 aromatic heterocycles. The number of H-pyrrole nitrogens is 1. The predicted octanol–water partition coefficient (Wildman–Crippen LogP) is 5.63. The zero-order valence-electron chi connectivity index (χ0n) is 15.3. The van der Waals surface area contributed by atoms with Crippen LogP contribution in [0, 0.1) is 5.82 Å². The molecule has 4 aromatic rings. The number of benzene rings is 3. The van der Waals surface area contributed by atoms with E-state index in [-0.39, 0.29) is 11.7 Å². The SMILES string of the molecule is CCOc1ccc(C(=O)Nc2ccc(-c3cc4cc(F)ccc4[nH]3)cc2)cc1. The summed E-state index contributed by atoms with van der Waals surface area (Å²) in [5, 5.41) is 3.70.